The zero-order valence-electron chi connectivity index (χ0n) is 7.23. The van der Waals surface area contributed by atoms with E-state index in [0.717, 1.165) is 0 Å². The number of alkyl halides is 2. The second kappa shape index (κ2) is 4.10. The zero-order chi connectivity index (χ0) is 9.94. The summed E-state index contributed by atoms with van der Waals surface area (Å²) in [4.78, 5) is 23.4. The molecule has 70 valence electrons. The summed E-state index contributed by atoms with van der Waals surface area (Å²) in [5, 5.41) is 0. The molecule has 0 rings (SSSR count). The molecular weight excluding hydrogens is 201 g/mol. The van der Waals surface area contributed by atoms with E-state index in [1.54, 1.807) is 6.92 Å². The Morgan fingerprint density at radius 2 is 1.83 bits per heavy atom. The van der Waals surface area contributed by atoms with E-state index < -0.39 is 16.0 Å². The number of rotatable bonds is 3. The smallest absolute Gasteiger partial charge is 0.266 e. The van der Waals surface area contributed by atoms with Crippen molar-refractivity contribution in [3.63, 3.8) is 0 Å². The lowest BCUT2D eigenvalue weighted by molar-refractivity contribution is -0.134. The maximum Gasteiger partial charge on any atom is 0.266 e. The van der Waals surface area contributed by atoms with Gasteiger partial charge >= 0.3 is 0 Å². The third-order valence-electron chi connectivity index (χ3n) is 1.53. The Kier molecular flexibility index (Phi) is 4.00. The molecule has 0 aliphatic rings. The molecule has 5 heteroatoms. The molecule has 3 nitrogen and oxygen atoms in total. The molecule has 0 bridgehead atoms. The van der Waals surface area contributed by atoms with Crippen LogP contribution in [0, 0.1) is 0 Å². The van der Waals surface area contributed by atoms with E-state index in [0.29, 0.717) is 6.54 Å². The molecule has 0 atom stereocenters. The van der Waals surface area contributed by atoms with E-state index in [2.05, 4.69) is 0 Å². The number of amides is 1. The van der Waals surface area contributed by atoms with Gasteiger partial charge in [-0.3, -0.25) is 9.59 Å². The van der Waals surface area contributed by atoms with Crippen molar-refractivity contribution in [1.82, 2.24) is 4.90 Å². The summed E-state index contributed by atoms with van der Waals surface area (Å²) in [6.07, 6.45) is 0. The van der Waals surface area contributed by atoms with Crippen LogP contribution in [0.5, 0.6) is 0 Å². The number of carbonyl (C=O) groups is 2. The van der Waals surface area contributed by atoms with Crippen molar-refractivity contribution in [2.45, 2.75) is 18.2 Å². The molecule has 0 radical (unpaired) electrons. The maximum absolute atomic E-state index is 11.3. The first-order valence-electron chi connectivity index (χ1n) is 3.48. The lowest BCUT2D eigenvalue weighted by Crippen LogP contribution is -2.44. The third-order valence-corrected chi connectivity index (χ3v) is 2.39. The van der Waals surface area contributed by atoms with E-state index in [1.165, 1.54) is 18.9 Å². The van der Waals surface area contributed by atoms with Gasteiger partial charge in [0.15, 0.2) is 5.78 Å². The van der Waals surface area contributed by atoms with Gasteiger partial charge in [0.1, 0.15) is 0 Å². The molecule has 0 aromatic carbocycles. The number of hydrogen-bond acceptors (Lipinski definition) is 2. The number of carbonyl (C=O) groups excluding carboxylic acids is 2. The first-order chi connectivity index (χ1) is 5.34. The van der Waals surface area contributed by atoms with E-state index >= 15 is 0 Å². The minimum atomic E-state index is -1.93. The molecule has 0 aliphatic heterocycles. The van der Waals surface area contributed by atoms with Crippen LogP contribution in [0.25, 0.3) is 0 Å². The van der Waals surface area contributed by atoms with Crippen molar-refractivity contribution in [1.29, 1.82) is 0 Å². The van der Waals surface area contributed by atoms with Crippen LogP contribution in [0.4, 0.5) is 0 Å². The fourth-order valence-corrected chi connectivity index (χ4v) is 0.822. The number of Topliss-reactive ketones (excluding diaryl/α,β-unsaturated/α-hetero) is 1. The van der Waals surface area contributed by atoms with Crippen molar-refractivity contribution >= 4 is 34.9 Å². The van der Waals surface area contributed by atoms with Gasteiger partial charge in [-0.15, -0.1) is 0 Å². The average molecular weight is 212 g/mol. The van der Waals surface area contributed by atoms with E-state index in [9.17, 15) is 9.59 Å². The third kappa shape index (κ3) is 2.35. The predicted molar refractivity (Wildman–Crippen MR) is 48.4 cm³/mol. The highest BCUT2D eigenvalue weighted by atomic mass is 35.5. The van der Waals surface area contributed by atoms with Gasteiger partial charge in [0.05, 0.1) is 0 Å². The van der Waals surface area contributed by atoms with Gasteiger partial charge in [0.25, 0.3) is 10.2 Å². The minimum Gasteiger partial charge on any atom is -0.343 e. The summed E-state index contributed by atoms with van der Waals surface area (Å²) in [7, 11) is 1.53. The molecular formula is C7H11Cl2NO2. The predicted octanol–water partition coefficient (Wildman–Crippen LogP) is 1.23. The maximum atomic E-state index is 11.3. The highest BCUT2D eigenvalue weighted by molar-refractivity contribution is 6.67. The molecule has 12 heavy (non-hydrogen) atoms. The summed E-state index contributed by atoms with van der Waals surface area (Å²) in [6, 6.07) is 0. The van der Waals surface area contributed by atoms with Gasteiger partial charge in [-0.1, -0.05) is 23.2 Å². The van der Waals surface area contributed by atoms with Crippen molar-refractivity contribution < 1.29 is 9.59 Å². The van der Waals surface area contributed by atoms with Gasteiger partial charge in [-0.25, -0.2) is 0 Å². The fourth-order valence-electron chi connectivity index (χ4n) is 0.534. The van der Waals surface area contributed by atoms with Crippen LogP contribution in [0.1, 0.15) is 13.8 Å². The van der Waals surface area contributed by atoms with E-state index in [4.69, 9.17) is 23.2 Å². The highest BCUT2D eigenvalue weighted by Crippen LogP contribution is 2.24. The lowest BCUT2D eigenvalue weighted by atomic mass is 10.2. The molecule has 0 fully saturated rings. The highest BCUT2D eigenvalue weighted by Gasteiger charge is 2.40. The van der Waals surface area contributed by atoms with Gasteiger partial charge in [0.2, 0.25) is 0 Å². The molecule has 0 saturated carbocycles. The molecule has 0 heterocycles. The summed E-state index contributed by atoms with van der Waals surface area (Å²) < 4.78 is -1.93. The van der Waals surface area contributed by atoms with Gasteiger partial charge in [0, 0.05) is 13.6 Å². The quantitative estimate of drug-likeness (QED) is 0.521. The van der Waals surface area contributed by atoms with Crippen LogP contribution in [-0.4, -0.2) is 34.5 Å². The second-order valence-corrected chi connectivity index (χ2v) is 3.78. The molecule has 1 amide bonds. The van der Waals surface area contributed by atoms with Crippen LogP contribution >= 0.6 is 23.2 Å². The summed E-state index contributed by atoms with van der Waals surface area (Å²) >= 11 is 11.0. The Morgan fingerprint density at radius 1 is 1.42 bits per heavy atom. The standard InChI is InChI=1S/C7H11Cl2NO2/c1-4-10(3)6(12)7(8,9)5(2)11/h4H2,1-3H3. The molecule has 0 saturated heterocycles. The van der Waals surface area contributed by atoms with Crippen molar-refractivity contribution in [2.75, 3.05) is 13.6 Å². The lowest BCUT2D eigenvalue weighted by Gasteiger charge is -2.22. The van der Waals surface area contributed by atoms with Crippen molar-refractivity contribution in [2.24, 2.45) is 0 Å². The van der Waals surface area contributed by atoms with Crippen LogP contribution in [-0.2, 0) is 9.59 Å². The van der Waals surface area contributed by atoms with Gasteiger partial charge in [-0.05, 0) is 13.8 Å². The monoisotopic (exact) mass is 211 g/mol. The normalized spacial score (nSPS) is 11.1. The Morgan fingerprint density at radius 3 is 2.08 bits per heavy atom. The molecule has 0 aromatic heterocycles. The average Bonchev–Trinajstić information content (AvgIpc) is 2.01. The molecule has 0 aromatic rings. The van der Waals surface area contributed by atoms with Crippen LogP contribution in [0.15, 0.2) is 0 Å². The minimum absolute atomic E-state index is 0.466. The summed E-state index contributed by atoms with van der Waals surface area (Å²) in [5.74, 6) is -1.14. The summed E-state index contributed by atoms with van der Waals surface area (Å²) in [5.41, 5.74) is 0. The van der Waals surface area contributed by atoms with E-state index in [-0.39, 0.29) is 0 Å². The number of halogens is 2. The van der Waals surface area contributed by atoms with E-state index in [1.807, 2.05) is 0 Å². The fraction of sp³-hybridized carbons (Fsp3) is 0.714. The Labute approximate surface area is 81.6 Å². The molecule has 0 N–H and O–H groups in total. The second-order valence-electron chi connectivity index (χ2n) is 2.45. The largest absolute Gasteiger partial charge is 0.343 e. The molecule has 0 aliphatic carbocycles. The van der Waals surface area contributed by atoms with Gasteiger partial charge in [-0.2, -0.15) is 0 Å². The molecule has 0 unspecified atom stereocenters. The van der Waals surface area contributed by atoms with Gasteiger partial charge < -0.3 is 4.90 Å². The SMILES string of the molecule is CCN(C)C(=O)C(Cl)(Cl)C(C)=O. The zero-order valence-corrected chi connectivity index (χ0v) is 8.74. The Balaban J connectivity index is 4.57. The topological polar surface area (TPSA) is 37.4 Å². The molecule has 0 spiro atoms. The van der Waals surface area contributed by atoms with Crippen LogP contribution in [0.3, 0.4) is 0 Å². The Hall–Kier alpha value is -0.280. The number of hydrogen-bond donors (Lipinski definition) is 0. The first kappa shape index (κ1) is 11.7. The number of ketones is 1. The van der Waals surface area contributed by atoms with Crippen LogP contribution in [0.2, 0.25) is 0 Å². The first-order valence-corrected chi connectivity index (χ1v) is 4.24. The van der Waals surface area contributed by atoms with Crippen LogP contribution < -0.4 is 0 Å². The number of nitrogens with zero attached hydrogens (tertiary/aromatic N) is 1. The Bertz CT molecular complexity index is 204. The summed E-state index contributed by atoms with van der Waals surface area (Å²) in [6.45, 7) is 3.41. The van der Waals surface area contributed by atoms with Crippen molar-refractivity contribution in [3.8, 4) is 0 Å². The van der Waals surface area contributed by atoms with Crippen molar-refractivity contribution in [3.05, 3.63) is 0 Å².